The van der Waals surface area contributed by atoms with Crippen molar-refractivity contribution in [3.8, 4) is 0 Å². The van der Waals surface area contributed by atoms with Gasteiger partial charge in [0.15, 0.2) is 0 Å². The minimum Gasteiger partial charge on any atom is -0.392 e. The van der Waals surface area contributed by atoms with E-state index < -0.39 is 0 Å². The van der Waals surface area contributed by atoms with E-state index in [1.54, 1.807) is 12.3 Å². The van der Waals surface area contributed by atoms with Crippen LogP contribution in [0, 0.1) is 5.41 Å². The molecule has 1 N–H and O–H groups in total. The summed E-state index contributed by atoms with van der Waals surface area (Å²) in [6.07, 6.45) is 1.65. The largest absolute Gasteiger partial charge is 0.392 e. The van der Waals surface area contributed by atoms with Crippen LogP contribution in [0.1, 0.15) is 26.3 Å². The third-order valence-electron chi connectivity index (χ3n) is 2.13. The molecule has 0 radical (unpaired) electrons. The Morgan fingerprint density at radius 3 is 2.50 bits per heavy atom. The van der Waals surface area contributed by atoms with Crippen molar-refractivity contribution in [2.75, 3.05) is 18.5 Å². The van der Waals surface area contributed by atoms with Gasteiger partial charge in [-0.25, -0.2) is 4.98 Å². The van der Waals surface area contributed by atoms with Crippen LogP contribution in [0.2, 0.25) is 5.02 Å². The zero-order chi connectivity index (χ0) is 12.3. The Morgan fingerprint density at radius 2 is 2.06 bits per heavy atom. The van der Waals surface area contributed by atoms with Crippen LogP contribution in [0.15, 0.2) is 12.3 Å². The Hall–Kier alpha value is -0.800. The zero-order valence-corrected chi connectivity index (χ0v) is 11.0. The lowest BCUT2D eigenvalue weighted by Crippen LogP contribution is -2.29. The Kier molecular flexibility index (Phi) is 4.16. The number of pyridine rings is 1. The van der Waals surface area contributed by atoms with Gasteiger partial charge in [-0.3, -0.25) is 0 Å². The van der Waals surface area contributed by atoms with Crippen molar-refractivity contribution >= 4 is 17.4 Å². The van der Waals surface area contributed by atoms with Crippen molar-refractivity contribution in [2.24, 2.45) is 5.41 Å². The molecule has 0 fully saturated rings. The zero-order valence-electron chi connectivity index (χ0n) is 10.3. The van der Waals surface area contributed by atoms with Crippen molar-refractivity contribution in [1.82, 2.24) is 4.98 Å². The third-order valence-corrected chi connectivity index (χ3v) is 2.41. The average Bonchev–Trinajstić information content (AvgIpc) is 2.14. The number of nitrogens with zero attached hydrogens (tertiary/aromatic N) is 2. The lowest BCUT2D eigenvalue weighted by atomic mass is 9.96. The van der Waals surface area contributed by atoms with E-state index in [4.69, 9.17) is 16.7 Å². The van der Waals surface area contributed by atoms with E-state index in [-0.39, 0.29) is 12.0 Å². The molecule has 0 spiro atoms. The smallest absolute Gasteiger partial charge is 0.147 e. The standard InChI is InChI=1S/C12H19ClN2O/c1-12(2,3)8-15(4)11-10(13)5-9(7-16)6-14-11/h5-6,16H,7-8H2,1-4H3. The molecule has 1 aromatic rings. The summed E-state index contributed by atoms with van der Waals surface area (Å²) in [6.45, 7) is 7.34. The maximum atomic E-state index is 8.97. The Balaban J connectivity index is 2.88. The maximum Gasteiger partial charge on any atom is 0.147 e. The monoisotopic (exact) mass is 242 g/mol. The van der Waals surface area contributed by atoms with E-state index in [0.29, 0.717) is 5.02 Å². The van der Waals surface area contributed by atoms with Gasteiger partial charge in [0, 0.05) is 19.8 Å². The number of rotatable bonds is 3. The molecule has 0 unspecified atom stereocenters. The molecule has 0 amide bonds. The first-order valence-electron chi connectivity index (χ1n) is 5.30. The fraction of sp³-hybridized carbons (Fsp3) is 0.583. The fourth-order valence-corrected chi connectivity index (χ4v) is 1.96. The van der Waals surface area contributed by atoms with E-state index in [1.807, 2.05) is 11.9 Å². The van der Waals surface area contributed by atoms with E-state index in [0.717, 1.165) is 17.9 Å². The molecule has 1 heterocycles. The summed E-state index contributed by atoms with van der Waals surface area (Å²) in [5.41, 5.74) is 0.924. The number of hydrogen-bond donors (Lipinski definition) is 1. The lowest BCUT2D eigenvalue weighted by Gasteiger charge is -2.28. The molecule has 1 rings (SSSR count). The molecule has 90 valence electrons. The Morgan fingerprint density at radius 1 is 1.44 bits per heavy atom. The van der Waals surface area contributed by atoms with Crippen molar-refractivity contribution in [1.29, 1.82) is 0 Å². The summed E-state index contributed by atoms with van der Waals surface area (Å²) in [4.78, 5) is 6.30. The van der Waals surface area contributed by atoms with Gasteiger partial charge in [-0.15, -0.1) is 0 Å². The van der Waals surface area contributed by atoms with Crippen LogP contribution < -0.4 is 4.90 Å². The molecule has 0 aliphatic rings. The first-order valence-corrected chi connectivity index (χ1v) is 5.68. The second-order valence-corrected chi connectivity index (χ2v) is 5.63. The number of aromatic nitrogens is 1. The molecule has 1 aromatic heterocycles. The minimum absolute atomic E-state index is 0.0318. The molecule has 4 heteroatoms. The van der Waals surface area contributed by atoms with Crippen LogP contribution in [0.5, 0.6) is 0 Å². The predicted molar refractivity (Wildman–Crippen MR) is 67.9 cm³/mol. The first kappa shape index (κ1) is 13.3. The van der Waals surface area contributed by atoms with Gasteiger partial charge in [-0.1, -0.05) is 32.4 Å². The molecular weight excluding hydrogens is 224 g/mol. The second kappa shape index (κ2) is 5.02. The molecule has 0 aliphatic heterocycles. The van der Waals surface area contributed by atoms with Gasteiger partial charge in [0.05, 0.1) is 11.6 Å². The molecular formula is C12H19ClN2O. The number of aliphatic hydroxyl groups excluding tert-OH is 1. The Bertz CT molecular complexity index is 361. The van der Waals surface area contributed by atoms with Crippen LogP contribution in [0.4, 0.5) is 5.82 Å². The molecule has 0 saturated heterocycles. The SMILES string of the molecule is CN(CC(C)(C)C)c1ncc(CO)cc1Cl. The van der Waals surface area contributed by atoms with Gasteiger partial charge < -0.3 is 10.0 Å². The molecule has 16 heavy (non-hydrogen) atoms. The fourth-order valence-electron chi connectivity index (χ4n) is 1.62. The average molecular weight is 243 g/mol. The van der Waals surface area contributed by atoms with Crippen LogP contribution in [-0.4, -0.2) is 23.7 Å². The number of anilines is 1. The summed E-state index contributed by atoms with van der Waals surface area (Å²) in [6, 6.07) is 1.75. The molecule has 0 bridgehead atoms. The van der Waals surface area contributed by atoms with E-state index in [9.17, 15) is 0 Å². The van der Waals surface area contributed by atoms with Crippen LogP contribution in [0.3, 0.4) is 0 Å². The summed E-state index contributed by atoms with van der Waals surface area (Å²) < 4.78 is 0. The van der Waals surface area contributed by atoms with E-state index in [1.165, 1.54) is 0 Å². The molecule has 0 saturated carbocycles. The highest BCUT2D eigenvalue weighted by molar-refractivity contribution is 6.33. The van der Waals surface area contributed by atoms with Gasteiger partial charge in [-0.05, 0) is 17.0 Å². The summed E-state index contributed by atoms with van der Waals surface area (Å²) >= 11 is 6.12. The Labute approximate surface area is 102 Å². The summed E-state index contributed by atoms with van der Waals surface area (Å²) in [7, 11) is 1.97. The molecule has 0 aromatic carbocycles. The van der Waals surface area contributed by atoms with Gasteiger partial charge >= 0.3 is 0 Å². The van der Waals surface area contributed by atoms with Gasteiger partial charge in [0.2, 0.25) is 0 Å². The van der Waals surface area contributed by atoms with Gasteiger partial charge in [0.25, 0.3) is 0 Å². The summed E-state index contributed by atoms with van der Waals surface area (Å²) in [5.74, 6) is 0.758. The number of halogens is 1. The first-order chi connectivity index (χ1) is 7.33. The molecule has 0 atom stereocenters. The van der Waals surface area contributed by atoms with E-state index >= 15 is 0 Å². The lowest BCUT2D eigenvalue weighted by molar-refractivity contribution is 0.281. The minimum atomic E-state index is -0.0318. The number of aliphatic hydroxyl groups is 1. The normalized spacial score (nSPS) is 11.6. The predicted octanol–water partition coefficient (Wildman–Crippen LogP) is 2.71. The van der Waals surface area contributed by atoms with Crippen LogP contribution in [-0.2, 0) is 6.61 Å². The molecule has 3 nitrogen and oxygen atoms in total. The summed E-state index contributed by atoms with van der Waals surface area (Å²) in [5, 5.41) is 9.55. The van der Waals surface area contributed by atoms with Crippen molar-refractivity contribution in [3.63, 3.8) is 0 Å². The van der Waals surface area contributed by atoms with Crippen LogP contribution >= 0.6 is 11.6 Å². The number of hydrogen-bond acceptors (Lipinski definition) is 3. The third kappa shape index (κ3) is 3.65. The second-order valence-electron chi connectivity index (χ2n) is 5.22. The van der Waals surface area contributed by atoms with Crippen molar-refractivity contribution in [2.45, 2.75) is 27.4 Å². The maximum absolute atomic E-state index is 8.97. The molecule has 0 aliphatic carbocycles. The highest BCUT2D eigenvalue weighted by Crippen LogP contribution is 2.26. The van der Waals surface area contributed by atoms with Crippen molar-refractivity contribution < 1.29 is 5.11 Å². The van der Waals surface area contributed by atoms with E-state index in [2.05, 4.69) is 25.8 Å². The quantitative estimate of drug-likeness (QED) is 0.886. The highest BCUT2D eigenvalue weighted by atomic mass is 35.5. The van der Waals surface area contributed by atoms with Gasteiger partial charge in [-0.2, -0.15) is 0 Å². The topological polar surface area (TPSA) is 36.4 Å². The highest BCUT2D eigenvalue weighted by Gasteiger charge is 2.16. The van der Waals surface area contributed by atoms with Gasteiger partial charge in [0.1, 0.15) is 5.82 Å². The van der Waals surface area contributed by atoms with Crippen molar-refractivity contribution in [3.05, 3.63) is 22.8 Å². The van der Waals surface area contributed by atoms with Crippen LogP contribution in [0.25, 0.3) is 0 Å².